The topological polar surface area (TPSA) is 59.6 Å². The Morgan fingerprint density at radius 3 is 2.45 bits per heavy atom. The Hall–Kier alpha value is -3.18. The van der Waals surface area contributed by atoms with Gasteiger partial charge in [-0.2, -0.15) is 0 Å². The van der Waals surface area contributed by atoms with Crippen LogP contribution in [0.15, 0.2) is 72.8 Å². The highest BCUT2D eigenvalue weighted by Crippen LogP contribution is 2.28. The highest BCUT2D eigenvalue weighted by atomic mass is 35.5. The van der Waals surface area contributed by atoms with E-state index < -0.39 is 6.04 Å². The molecule has 0 unspecified atom stereocenters. The molecule has 0 aromatic heterocycles. The molecule has 0 saturated heterocycles. The van der Waals surface area contributed by atoms with Crippen molar-refractivity contribution in [3.63, 3.8) is 0 Å². The fourth-order valence-corrected chi connectivity index (χ4v) is 2.89. The van der Waals surface area contributed by atoms with Crippen LogP contribution in [-0.4, -0.2) is 19.1 Å². The first kappa shape index (κ1) is 20.6. The molecule has 0 aliphatic heterocycles. The van der Waals surface area contributed by atoms with Gasteiger partial charge in [-0.25, -0.2) is 0 Å². The van der Waals surface area contributed by atoms with Gasteiger partial charge in [0.15, 0.2) is 0 Å². The first-order valence-corrected chi connectivity index (χ1v) is 9.60. The van der Waals surface area contributed by atoms with E-state index in [1.807, 2.05) is 54.6 Å². The number of hydrogen-bond acceptors (Lipinski definition) is 4. The molecule has 0 spiro atoms. The van der Waals surface area contributed by atoms with Crippen LogP contribution in [0.5, 0.6) is 11.5 Å². The Labute approximate surface area is 175 Å². The number of carbonyl (C=O) groups is 1. The molecular formula is C23H23ClN2O3. The Kier molecular flexibility index (Phi) is 6.98. The lowest BCUT2D eigenvalue weighted by Gasteiger charge is -2.17. The van der Waals surface area contributed by atoms with Gasteiger partial charge >= 0.3 is 0 Å². The van der Waals surface area contributed by atoms with Gasteiger partial charge in [0.05, 0.1) is 12.8 Å². The number of benzene rings is 3. The zero-order valence-corrected chi connectivity index (χ0v) is 17.1. The zero-order chi connectivity index (χ0) is 20.6. The summed E-state index contributed by atoms with van der Waals surface area (Å²) in [6.07, 6.45) is 0. The fraction of sp³-hybridized carbons (Fsp3) is 0.174. The van der Waals surface area contributed by atoms with Gasteiger partial charge in [-0.1, -0.05) is 41.9 Å². The van der Waals surface area contributed by atoms with Crippen molar-refractivity contribution < 1.29 is 14.3 Å². The average Bonchev–Trinajstić information content (AvgIpc) is 2.74. The van der Waals surface area contributed by atoms with Crippen molar-refractivity contribution in [1.29, 1.82) is 0 Å². The SMILES string of the molecule is COc1ccc(Cl)cc1NC(=O)[C@H](C)Nc1ccc(OCc2ccccc2)cc1. The lowest BCUT2D eigenvalue weighted by atomic mass is 10.2. The molecule has 0 bridgehead atoms. The van der Waals surface area contributed by atoms with Crippen LogP contribution in [0, 0.1) is 0 Å². The summed E-state index contributed by atoms with van der Waals surface area (Å²) in [5.74, 6) is 1.12. The summed E-state index contributed by atoms with van der Waals surface area (Å²) in [7, 11) is 1.54. The second-order valence-corrected chi connectivity index (χ2v) is 6.93. The first-order valence-electron chi connectivity index (χ1n) is 9.23. The Morgan fingerprint density at radius 1 is 1.03 bits per heavy atom. The number of nitrogens with one attached hydrogen (secondary N) is 2. The van der Waals surface area contributed by atoms with Crippen molar-refractivity contribution in [2.24, 2.45) is 0 Å². The van der Waals surface area contributed by atoms with E-state index in [9.17, 15) is 4.79 Å². The Morgan fingerprint density at radius 2 is 1.76 bits per heavy atom. The molecule has 6 heteroatoms. The van der Waals surface area contributed by atoms with E-state index in [1.54, 1.807) is 32.2 Å². The lowest BCUT2D eigenvalue weighted by Crippen LogP contribution is -2.32. The van der Waals surface area contributed by atoms with E-state index in [0.717, 1.165) is 17.0 Å². The maximum Gasteiger partial charge on any atom is 0.246 e. The molecule has 5 nitrogen and oxygen atoms in total. The number of carbonyl (C=O) groups excluding carboxylic acids is 1. The second kappa shape index (κ2) is 9.85. The molecule has 0 heterocycles. The number of halogens is 1. The number of rotatable bonds is 8. The lowest BCUT2D eigenvalue weighted by molar-refractivity contribution is -0.116. The van der Waals surface area contributed by atoms with Gasteiger partial charge in [-0.3, -0.25) is 4.79 Å². The highest BCUT2D eigenvalue weighted by Gasteiger charge is 2.15. The van der Waals surface area contributed by atoms with Crippen molar-refractivity contribution in [3.05, 3.63) is 83.4 Å². The summed E-state index contributed by atoms with van der Waals surface area (Å²) in [4.78, 5) is 12.5. The summed E-state index contributed by atoms with van der Waals surface area (Å²) >= 11 is 6.01. The summed E-state index contributed by atoms with van der Waals surface area (Å²) in [6, 6.07) is 22.1. The van der Waals surface area contributed by atoms with Crippen LogP contribution < -0.4 is 20.1 Å². The summed E-state index contributed by atoms with van der Waals surface area (Å²) < 4.78 is 11.0. The predicted octanol–water partition coefficient (Wildman–Crippen LogP) is 5.37. The third kappa shape index (κ3) is 5.90. The van der Waals surface area contributed by atoms with Crippen LogP contribution in [0.3, 0.4) is 0 Å². The van der Waals surface area contributed by atoms with Crippen LogP contribution in [0.2, 0.25) is 5.02 Å². The number of amides is 1. The molecule has 1 amide bonds. The van der Waals surface area contributed by atoms with Crippen LogP contribution in [-0.2, 0) is 11.4 Å². The van der Waals surface area contributed by atoms with Gasteiger partial charge in [0.2, 0.25) is 5.91 Å². The largest absolute Gasteiger partial charge is 0.495 e. The summed E-state index contributed by atoms with van der Waals surface area (Å²) in [5.41, 5.74) is 2.46. The second-order valence-electron chi connectivity index (χ2n) is 6.50. The summed E-state index contributed by atoms with van der Waals surface area (Å²) in [6.45, 7) is 2.29. The van der Waals surface area contributed by atoms with E-state index >= 15 is 0 Å². The van der Waals surface area contributed by atoms with Crippen molar-refractivity contribution in [3.8, 4) is 11.5 Å². The molecule has 2 N–H and O–H groups in total. The molecule has 1 atom stereocenters. The maximum atomic E-state index is 12.5. The van der Waals surface area contributed by atoms with Crippen molar-refractivity contribution >= 4 is 28.9 Å². The third-order valence-corrected chi connectivity index (χ3v) is 4.53. The van der Waals surface area contributed by atoms with E-state index in [-0.39, 0.29) is 5.91 Å². The van der Waals surface area contributed by atoms with Gasteiger partial charge in [0, 0.05) is 10.7 Å². The molecule has 3 rings (SSSR count). The van der Waals surface area contributed by atoms with Gasteiger partial charge < -0.3 is 20.1 Å². The van der Waals surface area contributed by atoms with Gasteiger partial charge in [-0.15, -0.1) is 0 Å². The number of ether oxygens (including phenoxy) is 2. The summed E-state index contributed by atoms with van der Waals surface area (Å²) in [5, 5.41) is 6.53. The van der Waals surface area contributed by atoms with Crippen molar-refractivity contribution in [1.82, 2.24) is 0 Å². The monoisotopic (exact) mass is 410 g/mol. The van der Waals surface area contributed by atoms with E-state index in [1.165, 1.54) is 0 Å². The third-order valence-electron chi connectivity index (χ3n) is 4.30. The molecule has 150 valence electrons. The molecule has 3 aromatic carbocycles. The molecule has 0 fully saturated rings. The molecule has 0 aliphatic carbocycles. The normalized spacial score (nSPS) is 11.4. The molecular weight excluding hydrogens is 388 g/mol. The van der Waals surface area contributed by atoms with Gasteiger partial charge in [0.25, 0.3) is 0 Å². The smallest absolute Gasteiger partial charge is 0.246 e. The van der Waals surface area contributed by atoms with Crippen LogP contribution >= 0.6 is 11.6 Å². The van der Waals surface area contributed by atoms with Crippen molar-refractivity contribution in [2.45, 2.75) is 19.6 Å². The average molecular weight is 411 g/mol. The first-order chi connectivity index (χ1) is 14.0. The van der Waals surface area contributed by atoms with Crippen LogP contribution in [0.4, 0.5) is 11.4 Å². The number of methoxy groups -OCH3 is 1. The highest BCUT2D eigenvalue weighted by molar-refractivity contribution is 6.31. The minimum Gasteiger partial charge on any atom is -0.495 e. The molecule has 0 saturated carbocycles. The van der Waals surface area contributed by atoms with Gasteiger partial charge in [0.1, 0.15) is 24.1 Å². The standard InChI is InChI=1S/C23H23ClN2O3/c1-16(23(27)26-21-14-18(24)8-13-22(21)28-2)25-19-9-11-20(12-10-19)29-15-17-6-4-3-5-7-17/h3-14,16,25H,15H2,1-2H3,(H,26,27)/t16-/m0/s1. The molecule has 0 aliphatic rings. The Balaban J connectivity index is 1.55. The maximum absolute atomic E-state index is 12.5. The van der Waals surface area contributed by atoms with Crippen LogP contribution in [0.25, 0.3) is 0 Å². The van der Waals surface area contributed by atoms with E-state index in [4.69, 9.17) is 21.1 Å². The molecule has 29 heavy (non-hydrogen) atoms. The minimum atomic E-state index is -0.463. The quantitative estimate of drug-likeness (QED) is 0.524. The molecule has 0 radical (unpaired) electrons. The Bertz CT molecular complexity index is 946. The number of hydrogen-bond donors (Lipinski definition) is 2. The predicted molar refractivity (Wildman–Crippen MR) is 117 cm³/mol. The van der Waals surface area contributed by atoms with Crippen molar-refractivity contribution in [2.75, 3.05) is 17.7 Å². The molecule has 3 aromatic rings. The number of anilines is 2. The zero-order valence-electron chi connectivity index (χ0n) is 16.3. The van der Waals surface area contributed by atoms with Gasteiger partial charge in [-0.05, 0) is 55.0 Å². The van der Waals surface area contributed by atoms with E-state index in [0.29, 0.717) is 23.1 Å². The van der Waals surface area contributed by atoms with Crippen LogP contribution in [0.1, 0.15) is 12.5 Å². The van der Waals surface area contributed by atoms with E-state index in [2.05, 4.69) is 10.6 Å². The fourth-order valence-electron chi connectivity index (χ4n) is 2.72. The minimum absolute atomic E-state index is 0.199.